The molecule has 17 heavy (non-hydrogen) atoms. The number of nitrogens with two attached hydrogens (primary N) is 1. The zero-order valence-corrected chi connectivity index (χ0v) is 10.5. The van der Waals surface area contributed by atoms with Crippen LogP contribution in [0.15, 0.2) is 23.4 Å². The SMILES string of the molecule is Cc1cc(F)ccc1CSc1nnc(N)n1C. The Labute approximate surface area is 103 Å². The molecule has 4 nitrogen and oxygen atoms in total. The van der Waals surface area contributed by atoms with Gasteiger partial charge in [-0.1, -0.05) is 17.8 Å². The van der Waals surface area contributed by atoms with Crippen molar-refractivity contribution in [1.82, 2.24) is 14.8 Å². The van der Waals surface area contributed by atoms with Gasteiger partial charge in [-0.3, -0.25) is 4.57 Å². The molecule has 0 unspecified atom stereocenters. The van der Waals surface area contributed by atoms with Crippen LogP contribution in [0.5, 0.6) is 0 Å². The minimum atomic E-state index is -0.209. The van der Waals surface area contributed by atoms with E-state index in [0.717, 1.165) is 22.0 Å². The monoisotopic (exact) mass is 252 g/mol. The van der Waals surface area contributed by atoms with Crippen LogP contribution in [0, 0.1) is 12.7 Å². The Kier molecular flexibility index (Phi) is 3.33. The molecule has 90 valence electrons. The lowest BCUT2D eigenvalue weighted by molar-refractivity contribution is 0.626. The van der Waals surface area contributed by atoms with Crippen LogP contribution in [0.25, 0.3) is 0 Å². The number of aromatic nitrogens is 3. The number of nitrogen functional groups attached to an aromatic ring is 1. The van der Waals surface area contributed by atoms with E-state index in [9.17, 15) is 4.39 Å². The molecule has 0 saturated carbocycles. The largest absolute Gasteiger partial charge is 0.368 e. The van der Waals surface area contributed by atoms with E-state index in [4.69, 9.17) is 5.73 Å². The minimum absolute atomic E-state index is 0.209. The third kappa shape index (κ3) is 2.58. The Morgan fingerprint density at radius 2 is 2.18 bits per heavy atom. The van der Waals surface area contributed by atoms with Crippen LogP contribution in [0.2, 0.25) is 0 Å². The number of halogens is 1. The summed E-state index contributed by atoms with van der Waals surface area (Å²) in [4.78, 5) is 0. The van der Waals surface area contributed by atoms with Gasteiger partial charge in [0, 0.05) is 12.8 Å². The van der Waals surface area contributed by atoms with Crippen molar-refractivity contribution in [2.24, 2.45) is 7.05 Å². The van der Waals surface area contributed by atoms with Gasteiger partial charge in [0.25, 0.3) is 0 Å². The van der Waals surface area contributed by atoms with Gasteiger partial charge in [-0.05, 0) is 30.2 Å². The van der Waals surface area contributed by atoms with E-state index in [1.54, 1.807) is 10.6 Å². The summed E-state index contributed by atoms with van der Waals surface area (Å²) in [6.07, 6.45) is 0. The molecule has 1 aromatic carbocycles. The lowest BCUT2D eigenvalue weighted by atomic mass is 10.1. The highest BCUT2D eigenvalue weighted by Gasteiger charge is 2.07. The molecule has 0 aliphatic rings. The topological polar surface area (TPSA) is 56.7 Å². The first-order chi connectivity index (χ1) is 8.08. The maximum absolute atomic E-state index is 12.9. The Bertz CT molecular complexity index is 538. The first kappa shape index (κ1) is 11.9. The third-order valence-corrected chi connectivity index (χ3v) is 3.60. The first-order valence-corrected chi connectivity index (χ1v) is 6.09. The quantitative estimate of drug-likeness (QED) is 0.850. The standard InChI is InChI=1S/C11H13FN4S/c1-7-5-9(12)4-3-8(7)6-17-11-15-14-10(13)16(11)2/h3-5H,6H2,1-2H3,(H2,13,14). The van der Waals surface area contributed by atoms with E-state index in [1.165, 1.54) is 23.9 Å². The smallest absolute Gasteiger partial charge is 0.222 e. The normalized spacial score (nSPS) is 10.8. The van der Waals surface area contributed by atoms with E-state index in [-0.39, 0.29) is 5.82 Å². The summed E-state index contributed by atoms with van der Waals surface area (Å²) in [6.45, 7) is 1.89. The fourth-order valence-electron chi connectivity index (χ4n) is 1.42. The summed E-state index contributed by atoms with van der Waals surface area (Å²) < 4.78 is 14.7. The number of nitrogens with zero attached hydrogens (tertiary/aromatic N) is 3. The summed E-state index contributed by atoms with van der Waals surface area (Å²) in [6, 6.07) is 4.78. The first-order valence-electron chi connectivity index (χ1n) is 5.10. The van der Waals surface area contributed by atoms with Crippen LogP contribution < -0.4 is 5.73 Å². The van der Waals surface area contributed by atoms with Crippen LogP contribution in [0.4, 0.5) is 10.3 Å². The fourth-order valence-corrected chi connectivity index (χ4v) is 2.41. The lowest BCUT2D eigenvalue weighted by Gasteiger charge is -2.05. The zero-order chi connectivity index (χ0) is 12.4. The van der Waals surface area contributed by atoms with Gasteiger partial charge < -0.3 is 5.73 Å². The molecule has 1 aromatic heterocycles. The number of rotatable bonds is 3. The van der Waals surface area contributed by atoms with Crippen molar-refractivity contribution in [2.45, 2.75) is 17.8 Å². The van der Waals surface area contributed by atoms with E-state index in [1.807, 2.05) is 14.0 Å². The van der Waals surface area contributed by atoms with Crippen LogP contribution in [0.1, 0.15) is 11.1 Å². The average Bonchev–Trinajstić information content (AvgIpc) is 2.59. The Balaban J connectivity index is 2.10. The van der Waals surface area contributed by atoms with Gasteiger partial charge in [0.05, 0.1) is 0 Å². The molecule has 0 spiro atoms. The molecule has 0 aliphatic heterocycles. The Morgan fingerprint density at radius 3 is 2.76 bits per heavy atom. The summed E-state index contributed by atoms with van der Waals surface area (Å²) in [7, 11) is 1.81. The van der Waals surface area contributed by atoms with Crippen molar-refractivity contribution in [3.8, 4) is 0 Å². The second kappa shape index (κ2) is 4.75. The molecular weight excluding hydrogens is 239 g/mol. The van der Waals surface area contributed by atoms with Gasteiger partial charge in [-0.25, -0.2) is 4.39 Å². The minimum Gasteiger partial charge on any atom is -0.368 e. The highest BCUT2D eigenvalue weighted by atomic mass is 32.2. The molecule has 0 fully saturated rings. The van der Waals surface area contributed by atoms with Crippen LogP contribution in [-0.2, 0) is 12.8 Å². The van der Waals surface area contributed by atoms with E-state index >= 15 is 0 Å². The summed E-state index contributed by atoms with van der Waals surface area (Å²) in [5.41, 5.74) is 7.60. The molecule has 0 bridgehead atoms. The number of thioether (sulfide) groups is 1. The number of hydrogen-bond acceptors (Lipinski definition) is 4. The number of aryl methyl sites for hydroxylation is 1. The van der Waals surface area contributed by atoms with Gasteiger partial charge >= 0.3 is 0 Å². The molecule has 2 rings (SSSR count). The van der Waals surface area contributed by atoms with Gasteiger partial charge in [0.2, 0.25) is 5.95 Å². The third-order valence-electron chi connectivity index (χ3n) is 2.53. The predicted molar refractivity (Wildman–Crippen MR) is 66.1 cm³/mol. The van der Waals surface area contributed by atoms with E-state index in [0.29, 0.717) is 5.95 Å². The van der Waals surface area contributed by atoms with Gasteiger partial charge in [-0.2, -0.15) is 0 Å². The summed E-state index contributed by atoms with van der Waals surface area (Å²) in [5, 5.41) is 8.49. The lowest BCUT2D eigenvalue weighted by Crippen LogP contribution is -1.98. The maximum Gasteiger partial charge on any atom is 0.222 e. The predicted octanol–water partition coefficient (Wildman–Crippen LogP) is 2.14. The second-order valence-corrected chi connectivity index (χ2v) is 4.70. The fraction of sp³-hybridized carbons (Fsp3) is 0.273. The highest BCUT2D eigenvalue weighted by molar-refractivity contribution is 7.98. The summed E-state index contributed by atoms with van der Waals surface area (Å²) >= 11 is 1.53. The van der Waals surface area contributed by atoms with Gasteiger partial charge in [-0.15, -0.1) is 10.2 Å². The van der Waals surface area contributed by atoms with Crippen molar-refractivity contribution in [3.63, 3.8) is 0 Å². The van der Waals surface area contributed by atoms with Crippen molar-refractivity contribution in [3.05, 3.63) is 35.1 Å². The van der Waals surface area contributed by atoms with Crippen molar-refractivity contribution in [1.29, 1.82) is 0 Å². The van der Waals surface area contributed by atoms with Crippen molar-refractivity contribution >= 4 is 17.7 Å². The molecule has 0 atom stereocenters. The van der Waals surface area contributed by atoms with Gasteiger partial charge in [0.15, 0.2) is 5.16 Å². The molecule has 2 aromatic rings. The molecule has 0 radical (unpaired) electrons. The second-order valence-electron chi connectivity index (χ2n) is 3.76. The Morgan fingerprint density at radius 1 is 1.41 bits per heavy atom. The average molecular weight is 252 g/mol. The number of hydrogen-bond donors (Lipinski definition) is 1. The molecule has 0 saturated heterocycles. The Hall–Kier alpha value is -1.56. The van der Waals surface area contributed by atoms with Crippen LogP contribution in [-0.4, -0.2) is 14.8 Å². The molecule has 0 aliphatic carbocycles. The molecule has 2 N–H and O–H groups in total. The van der Waals surface area contributed by atoms with E-state index < -0.39 is 0 Å². The molecular formula is C11H13FN4S. The van der Waals surface area contributed by atoms with Crippen LogP contribution in [0.3, 0.4) is 0 Å². The van der Waals surface area contributed by atoms with Crippen LogP contribution >= 0.6 is 11.8 Å². The van der Waals surface area contributed by atoms with Gasteiger partial charge in [0.1, 0.15) is 5.82 Å². The van der Waals surface area contributed by atoms with E-state index in [2.05, 4.69) is 10.2 Å². The molecule has 0 amide bonds. The summed E-state index contributed by atoms with van der Waals surface area (Å²) in [5.74, 6) is 0.903. The molecule has 6 heteroatoms. The molecule has 1 heterocycles. The highest BCUT2D eigenvalue weighted by Crippen LogP contribution is 2.23. The van der Waals surface area contributed by atoms with Crippen molar-refractivity contribution < 1.29 is 4.39 Å². The van der Waals surface area contributed by atoms with Crippen molar-refractivity contribution in [2.75, 3.05) is 5.73 Å². The number of anilines is 1. The maximum atomic E-state index is 12.9. The zero-order valence-electron chi connectivity index (χ0n) is 9.64. The number of benzene rings is 1.